The van der Waals surface area contributed by atoms with E-state index < -0.39 is 5.97 Å². The molecular weight excluding hydrogens is 184 g/mol. The molecule has 14 heavy (non-hydrogen) atoms. The van der Waals surface area contributed by atoms with Crippen LogP contribution < -0.4 is 0 Å². The summed E-state index contributed by atoms with van der Waals surface area (Å²) >= 11 is 0. The highest BCUT2D eigenvalue weighted by Crippen LogP contribution is 2.15. The summed E-state index contributed by atoms with van der Waals surface area (Å²) in [5.74, 6) is -0.652. The third-order valence-electron chi connectivity index (χ3n) is 1.55. The van der Waals surface area contributed by atoms with Crippen LogP contribution in [0.2, 0.25) is 0 Å². The molecule has 0 N–H and O–H groups in total. The molecule has 4 heteroatoms. The third kappa shape index (κ3) is 6.60. The maximum atomic E-state index is 11.0. The van der Waals surface area contributed by atoms with Gasteiger partial charge in [0.2, 0.25) is 0 Å². The van der Waals surface area contributed by atoms with Crippen LogP contribution >= 0.6 is 0 Å². The molecule has 0 fully saturated rings. The van der Waals surface area contributed by atoms with E-state index in [0.717, 1.165) is 0 Å². The topological polar surface area (TPSA) is 52.6 Å². The average Bonchev–Trinajstić information content (AvgIpc) is 2.00. The molecule has 0 aromatic heterocycles. The van der Waals surface area contributed by atoms with Gasteiger partial charge in [-0.05, 0) is 6.92 Å². The third-order valence-corrected chi connectivity index (χ3v) is 1.55. The number of ketones is 1. The first kappa shape index (κ1) is 13.1. The molecule has 0 aliphatic heterocycles. The van der Waals surface area contributed by atoms with E-state index in [1.165, 1.54) is 6.92 Å². The van der Waals surface area contributed by atoms with Crippen LogP contribution in [0.15, 0.2) is 0 Å². The van der Waals surface area contributed by atoms with Gasteiger partial charge < -0.3 is 9.47 Å². The zero-order chi connectivity index (χ0) is 11.2. The maximum Gasteiger partial charge on any atom is 0.313 e. The van der Waals surface area contributed by atoms with Crippen LogP contribution in [0.5, 0.6) is 0 Å². The van der Waals surface area contributed by atoms with Crippen LogP contribution in [0.3, 0.4) is 0 Å². The normalized spacial score (nSPS) is 11.1. The van der Waals surface area contributed by atoms with Crippen molar-refractivity contribution in [1.29, 1.82) is 0 Å². The molecule has 0 atom stereocenters. The van der Waals surface area contributed by atoms with Crippen molar-refractivity contribution in [3.05, 3.63) is 0 Å². The Kier molecular flexibility index (Phi) is 5.38. The van der Waals surface area contributed by atoms with Crippen LogP contribution in [0.25, 0.3) is 0 Å². The standard InChI is InChI=1S/C10H18O4/c1-8(11)5-9(12)14-7-10(2,3)6-13-4/h5-7H2,1-4H3. The van der Waals surface area contributed by atoms with Crippen LogP contribution in [-0.4, -0.2) is 32.1 Å². The van der Waals surface area contributed by atoms with Crippen molar-refractivity contribution in [2.75, 3.05) is 20.3 Å². The van der Waals surface area contributed by atoms with Crippen molar-refractivity contribution in [3.63, 3.8) is 0 Å². The summed E-state index contributed by atoms with van der Waals surface area (Å²) in [5, 5.41) is 0. The van der Waals surface area contributed by atoms with Crippen molar-refractivity contribution < 1.29 is 19.1 Å². The molecule has 0 aromatic rings. The molecule has 0 spiro atoms. The minimum atomic E-state index is -0.471. The van der Waals surface area contributed by atoms with E-state index in [0.29, 0.717) is 6.61 Å². The largest absolute Gasteiger partial charge is 0.465 e. The lowest BCUT2D eigenvalue weighted by Crippen LogP contribution is -2.27. The van der Waals surface area contributed by atoms with Gasteiger partial charge in [-0.3, -0.25) is 9.59 Å². The van der Waals surface area contributed by atoms with Crippen molar-refractivity contribution in [3.8, 4) is 0 Å². The molecule has 0 aliphatic carbocycles. The Morgan fingerprint density at radius 3 is 2.21 bits per heavy atom. The van der Waals surface area contributed by atoms with E-state index in [1.54, 1.807) is 7.11 Å². The summed E-state index contributed by atoms with van der Waals surface area (Å²) in [5.41, 5.74) is -0.207. The lowest BCUT2D eigenvalue weighted by atomic mass is 9.96. The number of carbonyl (C=O) groups is 2. The van der Waals surface area contributed by atoms with Gasteiger partial charge in [0.15, 0.2) is 0 Å². The fourth-order valence-corrected chi connectivity index (χ4v) is 0.963. The Balaban J connectivity index is 3.81. The summed E-state index contributed by atoms with van der Waals surface area (Å²) in [6, 6.07) is 0. The van der Waals surface area contributed by atoms with Gasteiger partial charge >= 0.3 is 5.97 Å². The number of ether oxygens (including phenoxy) is 2. The van der Waals surface area contributed by atoms with E-state index in [2.05, 4.69) is 0 Å². The second-order valence-corrected chi connectivity index (χ2v) is 4.14. The SMILES string of the molecule is COCC(C)(C)COC(=O)CC(C)=O. The molecule has 4 nitrogen and oxygen atoms in total. The van der Waals surface area contributed by atoms with Crippen LogP contribution in [0.1, 0.15) is 27.2 Å². The number of hydrogen-bond donors (Lipinski definition) is 0. The molecule has 0 saturated heterocycles. The van der Waals surface area contributed by atoms with Gasteiger partial charge in [-0.2, -0.15) is 0 Å². The highest BCUT2D eigenvalue weighted by Gasteiger charge is 2.20. The molecule has 82 valence electrons. The average molecular weight is 202 g/mol. The summed E-state index contributed by atoms with van der Waals surface area (Å²) in [6.07, 6.45) is -0.150. The van der Waals surface area contributed by atoms with E-state index in [1.807, 2.05) is 13.8 Å². The fraction of sp³-hybridized carbons (Fsp3) is 0.800. The Morgan fingerprint density at radius 2 is 1.79 bits per heavy atom. The zero-order valence-corrected chi connectivity index (χ0v) is 9.25. The Hall–Kier alpha value is -0.900. The summed E-state index contributed by atoms with van der Waals surface area (Å²) in [7, 11) is 1.60. The molecule has 0 heterocycles. The van der Waals surface area contributed by atoms with Gasteiger partial charge in [0, 0.05) is 12.5 Å². The Bertz CT molecular complexity index is 208. The van der Waals surface area contributed by atoms with E-state index in [9.17, 15) is 9.59 Å². The molecule has 0 amide bonds. The number of Topliss-reactive ketones (excluding diaryl/α,β-unsaturated/α-hetero) is 1. The molecular formula is C10H18O4. The maximum absolute atomic E-state index is 11.0. The molecule has 0 aromatic carbocycles. The smallest absolute Gasteiger partial charge is 0.313 e. The van der Waals surface area contributed by atoms with E-state index in [-0.39, 0.29) is 24.2 Å². The molecule has 0 saturated carbocycles. The van der Waals surface area contributed by atoms with Crippen molar-refractivity contribution in [2.45, 2.75) is 27.2 Å². The number of esters is 1. The predicted molar refractivity (Wildman–Crippen MR) is 51.9 cm³/mol. The monoisotopic (exact) mass is 202 g/mol. The first-order chi connectivity index (χ1) is 6.37. The van der Waals surface area contributed by atoms with Gasteiger partial charge in [-0.15, -0.1) is 0 Å². The molecule has 0 radical (unpaired) electrons. The summed E-state index contributed by atoms with van der Waals surface area (Å²) in [6.45, 7) is 6.00. The van der Waals surface area contributed by atoms with E-state index >= 15 is 0 Å². The minimum absolute atomic E-state index is 0.150. The lowest BCUT2D eigenvalue weighted by molar-refractivity contribution is -0.149. The molecule has 0 unspecified atom stereocenters. The highest BCUT2D eigenvalue weighted by atomic mass is 16.5. The van der Waals surface area contributed by atoms with Gasteiger partial charge in [0.05, 0.1) is 13.2 Å². The van der Waals surface area contributed by atoms with Gasteiger partial charge in [0.1, 0.15) is 12.2 Å². The number of hydrogen-bond acceptors (Lipinski definition) is 4. The van der Waals surface area contributed by atoms with Gasteiger partial charge in [-0.1, -0.05) is 13.8 Å². The predicted octanol–water partition coefficient (Wildman–Crippen LogP) is 1.18. The van der Waals surface area contributed by atoms with E-state index in [4.69, 9.17) is 9.47 Å². The van der Waals surface area contributed by atoms with Crippen molar-refractivity contribution in [2.24, 2.45) is 5.41 Å². The number of methoxy groups -OCH3 is 1. The first-order valence-electron chi connectivity index (χ1n) is 4.51. The lowest BCUT2D eigenvalue weighted by Gasteiger charge is -2.22. The van der Waals surface area contributed by atoms with Crippen LogP contribution in [0.4, 0.5) is 0 Å². The number of carbonyl (C=O) groups excluding carboxylic acids is 2. The van der Waals surface area contributed by atoms with Crippen LogP contribution in [0, 0.1) is 5.41 Å². The zero-order valence-electron chi connectivity index (χ0n) is 9.25. The number of rotatable bonds is 6. The van der Waals surface area contributed by atoms with Crippen molar-refractivity contribution >= 4 is 11.8 Å². The fourth-order valence-electron chi connectivity index (χ4n) is 0.963. The highest BCUT2D eigenvalue weighted by molar-refractivity contribution is 5.94. The second-order valence-electron chi connectivity index (χ2n) is 4.14. The van der Waals surface area contributed by atoms with Gasteiger partial charge in [-0.25, -0.2) is 0 Å². The molecule has 0 aliphatic rings. The summed E-state index contributed by atoms with van der Waals surface area (Å²) in [4.78, 5) is 21.6. The first-order valence-corrected chi connectivity index (χ1v) is 4.51. The minimum Gasteiger partial charge on any atom is -0.465 e. The second kappa shape index (κ2) is 5.75. The molecule has 0 rings (SSSR count). The van der Waals surface area contributed by atoms with Crippen molar-refractivity contribution in [1.82, 2.24) is 0 Å². The molecule has 0 bridgehead atoms. The van der Waals surface area contributed by atoms with Crippen LogP contribution in [-0.2, 0) is 19.1 Å². The summed E-state index contributed by atoms with van der Waals surface area (Å²) < 4.78 is 9.89. The van der Waals surface area contributed by atoms with Gasteiger partial charge in [0.25, 0.3) is 0 Å². The Labute approximate surface area is 84.6 Å². The quantitative estimate of drug-likeness (QED) is 0.479. The Morgan fingerprint density at radius 1 is 1.21 bits per heavy atom.